The number of carbonyl (C=O) groups excluding carboxylic acids is 2. The zero-order chi connectivity index (χ0) is 20.5. The lowest BCUT2D eigenvalue weighted by Gasteiger charge is -2.11. The predicted octanol–water partition coefficient (Wildman–Crippen LogP) is 5.14. The van der Waals surface area contributed by atoms with E-state index in [9.17, 15) is 9.59 Å². The Morgan fingerprint density at radius 3 is 2.28 bits per heavy atom. The lowest BCUT2D eigenvalue weighted by molar-refractivity contribution is -0.113. The highest BCUT2D eigenvalue weighted by molar-refractivity contribution is 7.99. The quantitative estimate of drug-likeness (QED) is 0.526. The summed E-state index contributed by atoms with van der Waals surface area (Å²) in [5, 5.41) is 6.43. The standard InChI is InChI=1S/C23H21ClN2O2S/c24-19-12-10-18(11-13-19)15-29-16-22(27)26-21-9-5-4-8-20(21)23(28)25-14-17-6-2-1-3-7-17/h1-13H,14-16H2,(H,25,28)(H,26,27). The Morgan fingerprint density at radius 2 is 1.52 bits per heavy atom. The van der Waals surface area contributed by atoms with E-state index < -0.39 is 0 Å². The van der Waals surface area contributed by atoms with Gasteiger partial charge in [0.15, 0.2) is 0 Å². The minimum Gasteiger partial charge on any atom is -0.348 e. The molecule has 0 spiro atoms. The third-order valence-corrected chi connectivity index (χ3v) is 5.41. The zero-order valence-electron chi connectivity index (χ0n) is 15.7. The fourth-order valence-electron chi connectivity index (χ4n) is 2.69. The number of anilines is 1. The number of para-hydroxylation sites is 1. The molecule has 6 heteroatoms. The Bertz CT molecular complexity index is 962. The molecule has 0 aliphatic rings. The first-order chi connectivity index (χ1) is 14.1. The molecule has 0 saturated carbocycles. The van der Waals surface area contributed by atoms with Crippen molar-refractivity contribution in [1.29, 1.82) is 0 Å². The van der Waals surface area contributed by atoms with Gasteiger partial charge in [0.25, 0.3) is 5.91 Å². The van der Waals surface area contributed by atoms with Crippen molar-refractivity contribution in [2.45, 2.75) is 12.3 Å². The highest BCUT2D eigenvalue weighted by Crippen LogP contribution is 2.18. The number of nitrogens with one attached hydrogen (secondary N) is 2. The lowest BCUT2D eigenvalue weighted by atomic mass is 10.1. The smallest absolute Gasteiger partial charge is 0.253 e. The number of benzene rings is 3. The second kappa shape index (κ2) is 10.7. The van der Waals surface area contributed by atoms with Crippen molar-refractivity contribution in [2.75, 3.05) is 11.1 Å². The van der Waals surface area contributed by atoms with Crippen LogP contribution < -0.4 is 10.6 Å². The topological polar surface area (TPSA) is 58.2 Å². The summed E-state index contributed by atoms with van der Waals surface area (Å²) in [7, 11) is 0. The summed E-state index contributed by atoms with van der Waals surface area (Å²) in [6.45, 7) is 0.429. The summed E-state index contributed by atoms with van der Waals surface area (Å²) < 4.78 is 0. The first-order valence-corrected chi connectivity index (χ1v) is 10.7. The van der Waals surface area contributed by atoms with Gasteiger partial charge in [-0.1, -0.05) is 66.2 Å². The second-order valence-electron chi connectivity index (χ2n) is 6.38. The maximum atomic E-state index is 12.6. The molecule has 2 amide bonds. The molecule has 0 heterocycles. The minimum absolute atomic E-state index is 0.146. The van der Waals surface area contributed by atoms with Gasteiger partial charge in [0, 0.05) is 17.3 Å². The Labute approximate surface area is 179 Å². The van der Waals surface area contributed by atoms with Crippen LogP contribution in [0.4, 0.5) is 5.69 Å². The van der Waals surface area contributed by atoms with Crippen molar-refractivity contribution in [3.63, 3.8) is 0 Å². The van der Waals surface area contributed by atoms with Gasteiger partial charge in [-0.3, -0.25) is 9.59 Å². The van der Waals surface area contributed by atoms with Crippen molar-refractivity contribution in [1.82, 2.24) is 5.32 Å². The van der Waals surface area contributed by atoms with E-state index in [0.717, 1.165) is 11.1 Å². The number of halogens is 1. The number of hydrogen-bond donors (Lipinski definition) is 2. The van der Waals surface area contributed by atoms with Crippen LogP contribution in [0.15, 0.2) is 78.9 Å². The fraction of sp³-hybridized carbons (Fsp3) is 0.130. The molecule has 0 radical (unpaired) electrons. The van der Waals surface area contributed by atoms with E-state index in [1.807, 2.05) is 54.6 Å². The first-order valence-electron chi connectivity index (χ1n) is 9.15. The van der Waals surface area contributed by atoms with Crippen molar-refractivity contribution in [2.24, 2.45) is 0 Å². The van der Waals surface area contributed by atoms with Crippen molar-refractivity contribution in [3.05, 3.63) is 101 Å². The molecule has 3 rings (SSSR count). The molecule has 3 aromatic carbocycles. The van der Waals surface area contributed by atoms with Crippen LogP contribution in [0.5, 0.6) is 0 Å². The summed E-state index contributed by atoms with van der Waals surface area (Å²) in [6, 6.07) is 24.3. The average molecular weight is 425 g/mol. The normalized spacial score (nSPS) is 10.4. The first kappa shape index (κ1) is 21.0. The molecular formula is C23H21ClN2O2S. The Kier molecular flexibility index (Phi) is 7.73. The number of carbonyl (C=O) groups is 2. The molecule has 2 N–H and O–H groups in total. The van der Waals surface area contributed by atoms with E-state index in [1.54, 1.807) is 24.3 Å². The fourth-order valence-corrected chi connectivity index (χ4v) is 3.61. The van der Waals surface area contributed by atoms with E-state index in [0.29, 0.717) is 34.3 Å². The zero-order valence-corrected chi connectivity index (χ0v) is 17.3. The van der Waals surface area contributed by atoms with Crippen LogP contribution in [0.1, 0.15) is 21.5 Å². The molecule has 0 atom stereocenters. The molecule has 0 fully saturated rings. The van der Waals surface area contributed by atoms with Crippen LogP contribution >= 0.6 is 23.4 Å². The Morgan fingerprint density at radius 1 is 0.828 bits per heavy atom. The van der Waals surface area contributed by atoms with Crippen molar-refractivity contribution < 1.29 is 9.59 Å². The van der Waals surface area contributed by atoms with Gasteiger partial charge in [-0.05, 0) is 35.4 Å². The minimum atomic E-state index is -0.224. The van der Waals surface area contributed by atoms with E-state index in [4.69, 9.17) is 11.6 Å². The third-order valence-electron chi connectivity index (χ3n) is 4.16. The molecular weight excluding hydrogens is 404 g/mol. The van der Waals surface area contributed by atoms with Gasteiger partial charge >= 0.3 is 0 Å². The molecule has 0 aliphatic carbocycles. The van der Waals surface area contributed by atoms with Gasteiger partial charge in [0.1, 0.15) is 0 Å². The molecule has 0 bridgehead atoms. The molecule has 3 aromatic rings. The summed E-state index contributed by atoms with van der Waals surface area (Å²) in [5.41, 5.74) is 3.07. The van der Waals surface area contributed by atoms with Gasteiger partial charge < -0.3 is 10.6 Å². The van der Waals surface area contributed by atoms with Gasteiger partial charge in [0.05, 0.1) is 17.0 Å². The van der Waals surface area contributed by atoms with Crippen molar-refractivity contribution >= 4 is 40.9 Å². The molecule has 29 heavy (non-hydrogen) atoms. The third kappa shape index (κ3) is 6.66. The van der Waals surface area contributed by atoms with E-state index in [2.05, 4.69) is 10.6 Å². The Hall–Kier alpha value is -2.76. The number of amides is 2. The number of thioether (sulfide) groups is 1. The molecule has 0 aromatic heterocycles. The van der Waals surface area contributed by atoms with Crippen LogP contribution in [-0.4, -0.2) is 17.6 Å². The van der Waals surface area contributed by atoms with Crippen LogP contribution in [0, 0.1) is 0 Å². The summed E-state index contributed by atoms with van der Waals surface area (Å²) >= 11 is 7.39. The van der Waals surface area contributed by atoms with E-state index in [1.165, 1.54) is 11.8 Å². The van der Waals surface area contributed by atoms with Crippen molar-refractivity contribution in [3.8, 4) is 0 Å². The van der Waals surface area contributed by atoms with Gasteiger partial charge in [-0.15, -0.1) is 11.8 Å². The van der Waals surface area contributed by atoms with E-state index >= 15 is 0 Å². The van der Waals surface area contributed by atoms with Gasteiger partial charge in [-0.25, -0.2) is 0 Å². The second-order valence-corrected chi connectivity index (χ2v) is 7.80. The van der Waals surface area contributed by atoms with Crippen LogP contribution in [0.3, 0.4) is 0 Å². The molecule has 4 nitrogen and oxygen atoms in total. The highest BCUT2D eigenvalue weighted by atomic mass is 35.5. The molecule has 0 saturated heterocycles. The maximum absolute atomic E-state index is 12.6. The molecule has 0 aliphatic heterocycles. The van der Waals surface area contributed by atoms with Crippen LogP contribution in [0.25, 0.3) is 0 Å². The van der Waals surface area contributed by atoms with Crippen LogP contribution in [-0.2, 0) is 17.1 Å². The maximum Gasteiger partial charge on any atom is 0.253 e. The van der Waals surface area contributed by atoms with Gasteiger partial charge in [0.2, 0.25) is 5.91 Å². The lowest BCUT2D eigenvalue weighted by Crippen LogP contribution is -2.25. The highest BCUT2D eigenvalue weighted by Gasteiger charge is 2.13. The van der Waals surface area contributed by atoms with Gasteiger partial charge in [-0.2, -0.15) is 0 Å². The summed E-state index contributed by atoms with van der Waals surface area (Å²) in [4.78, 5) is 24.9. The van der Waals surface area contributed by atoms with Crippen LogP contribution in [0.2, 0.25) is 5.02 Å². The largest absolute Gasteiger partial charge is 0.348 e. The summed E-state index contributed by atoms with van der Waals surface area (Å²) in [5.74, 6) is 0.637. The number of rotatable bonds is 8. The predicted molar refractivity (Wildman–Crippen MR) is 120 cm³/mol. The molecule has 148 valence electrons. The van der Waals surface area contributed by atoms with E-state index in [-0.39, 0.29) is 11.8 Å². The monoisotopic (exact) mass is 424 g/mol. The Balaban J connectivity index is 1.53. The summed E-state index contributed by atoms with van der Waals surface area (Å²) in [6.07, 6.45) is 0. The molecule has 0 unspecified atom stereocenters. The number of hydrogen-bond acceptors (Lipinski definition) is 3. The average Bonchev–Trinajstić information content (AvgIpc) is 2.74. The SMILES string of the molecule is O=C(CSCc1ccc(Cl)cc1)Nc1ccccc1C(=O)NCc1ccccc1.